The molecule has 0 aromatic heterocycles. The van der Waals surface area contributed by atoms with Crippen LogP contribution < -0.4 is 0 Å². The van der Waals surface area contributed by atoms with Crippen molar-refractivity contribution in [3.8, 4) is 6.07 Å². The summed E-state index contributed by atoms with van der Waals surface area (Å²) >= 11 is 0. The Morgan fingerprint density at radius 2 is 1.89 bits per heavy atom. The molecule has 1 saturated carbocycles. The van der Waals surface area contributed by atoms with Crippen LogP contribution in [0.4, 0.5) is 0 Å². The van der Waals surface area contributed by atoms with E-state index in [0.717, 1.165) is 18.3 Å². The molecule has 3 heteroatoms. The van der Waals surface area contributed by atoms with Crippen molar-refractivity contribution in [3.05, 3.63) is 0 Å². The molecule has 0 amide bonds. The van der Waals surface area contributed by atoms with Gasteiger partial charge < -0.3 is 9.80 Å². The molecule has 0 aromatic carbocycles. The van der Waals surface area contributed by atoms with E-state index in [1.54, 1.807) is 0 Å². The first-order valence-electron chi connectivity index (χ1n) is 7.88. The van der Waals surface area contributed by atoms with Crippen molar-refractivity contribution in [2.75, 3.05) is 33.7 Å². The molecule has 0 bridgehead atoms. The smallest absolute Gasteiger partial charge is 0.0672 e. The summed E-state index contributed by atoms with van der Waals surface area (Å²) in [6, 6.07) is 3.04. The maximum Gasteiger partial charge on any atom is 0.0672 e. The lowest BCUT2D eigenvalue weighted by atomic mass is 9.78. The Labute approximate surface area is 118 Å². The Kier molecular flexibility index (Phi) is 5.24. The molecule has 0 N–H and O–H groups in total. The van der Waals surface area contributed by atoms with Gasteiger partial charge in [0.2, 0.25) is 0 Å². The molecular weight excluding hydrogens is 234 g/mol. The summed E-state index contributed by atoms with van der Waals surface area (Å²) < 4.78 is 0. The molecule has 1 aliphatic carbocycles. The summed E-state index contributed by atoms with van der Waals surface area (Å²) in [4.78, 5) is 4.93. The summed E-state index contributed by atoms with van der Waals surface area (Å²) in [5, 5.41) is 9.35. The zero-order chi connectivity index (χ0) is 13.8. The molecule has 2 rings (SSSR count). The Bertz CT molecular complexity index is 314. The second-order valence-electron chi connectivity index (χ2n) is 6.91. The van der Waals surface area contributed by atoms with E-state index in [1.807, 2.05) is 0 Å². The minimum absolute atomic E-state index is 0.257. The molecule has 1 aliphatic heterocycles. The predicted molar refractivity (Wildman–Crippen MR) is 78.8 cm³/mol. The molecule has 3 unspecified atom stereocenters. The van der Waals surface area contributed by atoms with E-state index in [-0.39, 0.29) is 5.92 Å². The van der Waals surface area contributed by atoms with Crippen molar-refractivity contribution in [1.82, 2.24) is 9.80 Å². The van der Waals surface area contributed by atoms with Gasteiger partial charge in [0.25, 0.3) is 0 Å². The highest BCUT2D eigenvalue weighted by molar-refractivity contribution is 4.96. The van der Waals surface area contributed by atoms with Gasteiger partial charge in [0.15, 0.2) is 0 Å². The number of hydrogen-bond donors (Lipinski definition) is 0. The quantitative estimate of drug-likeness (QED) is 0.784. The number of nitriles is 1. The first kappa shape index (κ1) is 14.8. The number of rotatable bonds is 3. The average molecular weight is 263 g/mol. The predicted octanol–water partition coefficient (Wildman–Crippen LogP) is 2.59. The zero-order valence-corrected chi connectivity index (χ0v) is 12.8. The van der Waals surface area contributed by atoms with Crippen LogP contribution in [0, 0.1) is 29.1 Å². The highest BCUT2D eigenvalue weighted by atomic mass is 15.1. The number of piperidine rings is 1. The van der Waals surface area contributed by atoms with Crippen LogP contribution in [0.25, 0.3) is 0 Å². The molecular formula is C16H29N3. The lowest BCUT2D eigenvalue weighted by molar-refractivity contribution is 0.0960. The highest BCUT2D eigenvalue weighted by Gasteiger charge is 2.32. The van der Waals surface area contributed by atoms with Gasteiger partial charge >= 0.3 is 0 Å². The number of hydrogen-bond acceptors (Lipinski definition) is 3. The van der Waals surface area contributed by atoms with E-state index in [9.17, 15) is 5.26 Å². The standard InChI is InChI=1S/C16H29N3/c1-13-4-5-15(11-17)16(10-13)19(3)12-14-6-8-18(2)9-7-14/h13-16H,4-10,12H2,1-3H3. The topological polar surface area (TPSA) is 30.3 Å². The molecule has 0 aromatic rings. The Hall–Kier alpha value is -0.590. The van der Waals surface area contributed by atoms with Gasteiger partial charge in [-0.05, 0) is 71.1 Å². The van der Waals surface area contributed by atoms with Crippen molar-refractivity contribution >= 4 is 0 Å². The number of nitrogens with zero attached hydrogens (tertiary/aromatic N) is 3. The van der Waals surface area contributed by atoms with Gasteiger partial charge in [-0.15, -0.1) is 0 Å². The lowest BCUT2D eigenvalue weighted by Crippen LogP contribution is -2.45. The van der Waals surface area contributed by atoms with Crippen LogP contribution in [0.3, 0.4) is 0 Å². The summed E-state index contributed by atoms with van der Waals surface area (Å²) in [5.41, 5.74) is 0. The van der Waals surface area contributed by atoms with E-state index >= 15 is 0 Å². The van der Waals surface area contributed by atoms with Crippen molar-refractivity contribution in [2.24, 2.45) is 17.8 Å². The summed E-state index contributed by atoms with van der Waals surface area (Å²) in [7, 11) is 4.46. The summed E-state index contributed by atoms with van der Waals surface area (Å²) in [6.07, 6.45) is 6.18. The average Bonchev–Trinajstić information content (AvgIpc) is 2.41. The first-order chi connectivity index (χ1) is 9.10. The minimum atomic E-state index is 0.257. The van der Waals surface area contributed by atoms with Gasteiger partial charge in [-0.3, -0.25) is 0 Å². The van der Waals surface area contributed by atoms with Gasteiger partial charge in [0.1, 0.15) is 0 Å². The van der Waals surface area contributed by atoms with Crippen LogP contribution in [0.5, 0.6) is 0 Å². The van der Waals surface area contributed by atoms with Crippen LogP contribution in [0.15, 0.2) is 0 Å². The van der Waals surface area contributed by atoms with Gasteiger partial charge in [0, 0.05) is 12.6 Å². The van der Waals surface area contributed by atoms with Gasteiger partial charge in [-0.1, -0.05) is 6.92 Å². The third-order valence-corrected chi connectivity index (χ3v) is 5.20. The normalized spacial score (nSPS) is 34.4. The first-order valence-corrected chi connectivity index (χ1v) is 7.88. The zero-order valence-electron chi connectivity index (χ0n) is 12.8. The SMILES string of the molecule is CC1CCC(C#N)C(N(C)CC2CCN(C)CC2)C1. The van der Waals surface area contributed by atoms with Crippen molar-refractivity contribution in [1.29, 1.82) is 5.26 Å². The fourth-order valence-corrected chi connectivity index (χ4v) is 3.78. The Morgan fingerprint density at radius 3 is 2.53 bits per heavy atom. The molecule has 19 heavy (non-hydrogen) atoms. The molecule has 1 saturated heterocycles. The van der Waals surface area contributed by atoms with Crippen LogP contribution in [-0.4, -0.2) is 49.6 Å². The third kappa shape index (κ3) is 3.94. The molecule has 2 aliphatic rings. The van der Waals surface area contributed by atoms with Crippen molar-refractivity contribution < 1.29 is 0 Å². The van der Waals surface area contributed by atoms with Crippen molar-refractivity contribution in [3.63, 3.8) is 0 Å². The fourth-order valence-electron chi connectivity index (χ4n) is 3.78. The lowest BCUT2D eigenvalue weighted by Gasteiger charge is -2.40. The van der Waals surface area contributed by atoms with E-state index in [1.165, 1.54) is 45.3 Å². The second-order valence-corrected chi connectivity index (χ2v) is 6.91. The van der Waals surface area contributed by atoms with Crippen LogP contribution >= 0.6 is 0 Å². The molecule has 3 nitrogen and oxygen atoms in total. The van der Waals surface area contributed by atoms with E-state index < -0.39 is 0 Å². The molecule has 3 atom stereocenters. The van der Waals surface area contributed by atoms with E-state index in [4.69, 9.17) is 0 Å². The molecule has 108 valence electrons. The number of likely N-dealkylation sites (tertiary alicyclic amines) is 1. The van der Waals surface area contributed by atoms with E-state index in [0.29, 0.717) is 6.04 Å². The summed E-state index contributed by atoms with van der Waals surface area (Å²) in [5.74, 6) is 1.87. The minimum Gasteiger partial charge on any atom is -0.306 e. The third-order valence-electron chi connectivity index (χ3n) is 5.20. The van der Waals surface area contributed by atoms with Crippen molar-refractivity contribution in [2.45, 2.75) is 45.1 Å². The molecule has 0 radical (unpaired) electrons. The molecule has 2 fully saturated rings. The fraction of sp³-hybridized carbons (Fsp3) is 0.938. The van der Waals surface area contributed by atoms with Crippen LogP contribution in [0.2, 0.25) is 0 Å². The van der Waals surface area contributed by atoms with Gasteiger partial charge in [-0.25, -0.2) is 0 Å². The molecule has 1 heterocycles. The van der Waals surface area contributed by atoms with Crippen LogP contribution in [0.1, 0.15) is 39.0 Å². The maximum atomic E-state index is 9.35. The summed E-state index contributed by atoms with van der Waals surface area (Å²) in [6.45, 7) is 6.00. The Balaban J connectivity index is 1.87. The Morgan fingerprint density at radius 1 is 1.21 bits per heavy atom. The molecule has 0 spiro atoms. The van der Waals surface area contributed by atoms with E-state index in [2.05, 4.69) is 36.9 Å². The maximum absolute atomic E-state index is 9.35. The monoisotopic (exact) mass is 263 g/mol. The van der Waals surface area contributed by atoms with Crippen LogP contribution in [-0.2, 0) is 0 Å². The van der Waals surface area contributed by atoms with Gasteiger partial charge in [0.05, 0.1) is 12.0 Å². The second kappa shape index (κ2) is 6.72. The van der Waals surface area contributed by atoms with Gasteiger partial charge in [-0.2, -0.15) is 5.26 Å². The largest absolute Gasteiger partial charge is 0.306 e. The highest BCUT2D eigenvalue weighted by Crippen LogP contribution is 2.32.